The van der Waals surface area contributed by atoms with Crippen LogP contribution in [0.1, 0.15) is 71.0 Å². The molecule has 1 aliphatic heterocycles. The van der Waals surface area contributed by atoms with Crippen LogP contribution in [-0.4, -0.2) is 41.3 Å². The lowest BCUT2D eigenvalue weighted by molar-refractivity contribution is 0.0593. The number of nitrogens with zero attached hydrogens (tertiary/aromatic N) is 4. The number of carbonyl (C=O) groups excluding carboxylic acids is 1. The second kappa shape index (κ2) is 10.9. The Balaban J connectivity index is 1.11. The Labute approximate surface area is 253 Å². The van der Waals surface area contributed by atoms with Crippen molar-refractivity contribution in [2.45, 2.75) is 56.5 Å². The number of carbonyl (C=O) groups is 1. The Morgan fingerprint density at radius 1 is 1.12 bits per heavy atom. The highest BCUT2D eigenvalue weighted by Crippen LogP contribution is 2.47. The van der Waals surface area contributed by atoms with E-state index in [0.29, 0.717) is 33.8 Å². The van der Waals surface area contributed by atoms with Crippen molar-refractivity contribution in [3.8, 4) is 17.0 Å². The number of ether oxygens (including phenoxy) is 2. The van der Waals surface area contributed by atoms with Gasteiger partial charge in [0.1, 0.15) is 29.6 Å². The molecule has 2 fully saturated rings. The Hall–Kier alpha value is -3.62. The third-order valence-corrected chi connectivity index (χ3v) is 9.44. The van der Waals surface area contributed by atoms with Crippen molar-refractivity contribution in [2.24, 2.45) is 0 Å². The van der Waals surface area contributed by atoms with E-state index in [1.165, 1.54) is 24.4 Å². The van der Waals surface area contributed by atoms with Gasteiger partial charge in [-0.05, 0) is 73.9 Å². The Morgan fingerprint density at radius 3 is 2.69 bits per heavy atom. The van der Waals surface area contributed by atoms with Crippen molar-refractivity contribution in [2.75, 3.05) is 25.1 Å². The van der Waals surface area contributed by atoms with Gasteiger partial charge < -0.3 is 18.9 Å². The first-order valence-corrected chi connectivity index (χ1v) is 15.1. The van der Waals surface area contributed by atoms with Gasteiger partial charge in [0, 0.05) is 30.0 Å². The summed E-state index contributed by atoms with van der Waals surface area (Å²) in [6.07, 6.45) is 9.60. The highest BCUT2D eigenvalue weighted by molar-refractivity contribution is 6.39. The molecule has 7 rings (SSSR count). The van der Waals surface area contributed by atoms with Crippen molar-refractivity contribution >= 4 is 35.0 Å². The quantitative estimate of drug-likeness (QED) is 0.205. The van der Waals surface area contributed by atoms with Crippen molar-refractivity contribution in [3.05, 3.63) is 87.0 Å². The van der Waals surface area contributed by atoms with Gasteiger partial charge in [-0.25, -0.2) is 14.8 Å². The van der Waals surface area contributed by atoms with Crippen LogP contribution in [0.2, 0.25) is 10.0 Å². The molecule has 1 saturated carbocycles. The maximum atomic E-state index is 11.8. The molecule has 0 N–H and O–H groups in total. The molecular weight excluding hydrogens is 575 g/mol. The molecule has 0 radical (unpaired) electrons. The smallest absolute Gasteiger partial charge is 0.358 e. The van der Waals surface area contributed by atoms with Crippen molar-refractivity contribution < 1.29 is 18.8 Å². The molecule has 1 saturated heterocycles. The third kappa shape index (κ3) is 4.90. The van der Waals surface area contributed by atoms with Crippen LogP contribution in [0.25, 0.3) is 11.3 Å². The molecule has 1 spiro atoms. The van der Waals surface area contributed by atoms with Crippen molar-refractivity contribution in [1.29, 1.82) is 0 Å². The lowest BCUT2D eigenvalue weighted by atomic mass is 9.69. The molecule has 2 aromatic heterocycles. The lowest BCUT2D eigenvalue weighted by Crippen LogP contribution is -2.35. The highest BCUT2D eigenvalue weighted by Gasteiger charge is 2.43. The summed E-state index contributed by atoms with van der Waals surface area (Å²) in [6, 6.07) is 11.9. The number of halogens is 2. The standard InChI is InChI=1S/C32H30Cl2N4O4/c1-40-31(39)26-15-36-27(16-35-26)38-13-12-32(18-38)11-3-4-20-14-21(9-10-23(20)32)41-17-22-29(37-42-30(22)19-7-8-19)28-24(33)5-2-6-25(28)34/h2,5-6,9-10,14-16,19H,3-4,7-8,11-13,17-18H2,1H3. The summed E-state index contributed by atoms with van der Waals surface area (Å²) in [6.45, 7) is 2.07. The average molecular weight is 606 g/mol. The molecule has 1 unspecified atom stereocenters. The van der Waals surface area contributed by atoms with Gasteiger partial charge >= 0.3 is 5.97 Å². The zero-order valence-electron chi connectivity index (χ0n) is 23.2. The molecule has 10 heteroatoms. The molecular formula is C32H30Cl2N4O4. The van der Waals surface area contributed by atoms with Crippen LogP contribution >= 0.6 is 23.2 Å². The van der Waals surface area contributed by atoms with Gasteiger partial charge in [-0.3, -0.25) is 0 Å². The number of esters is 1. The van der Waals surface area contributed by atoms with E-state index in [2.05, 4.69) is 38.2 Å². The summed E-state index contributed by atoms with van der Waals surface area (Å²) in [4.78, 5) is 22.8. The zero-order valence-corrected chi connectivity index (χ0v) is 24.7. The molecule has 1 atom stereocenters. The van der Waals surface area contributed by atoms with Gasteiger partial charge in [-0.1, -0.05) is 40.5 Å². The van der Waals surface area contributed by atoms with E-state index in [1.807, 2.05) is 18.2 Å². The molecule has 42 heavy (non-hydrogen) atoms. The van der Waals surface area contributed by atoms with Crippen LogP contribution in [-0.2, 0) is 23.2 Å². The summed E-state index contributed by atoms with van der Waals surface area (Å²) in [5, 5.41) is 5.46. The van der Waals surface area contributed by atoms with E-state index in [-0.39, 0.29) is 11.1 Å². The summed E-state index contributed by atoms with van der Waals surface area (Å²) >= 11 is 13.1. The predicted octanol–water partition coefficient (Wildman–Crippen LogP) is 7.17. The number of hydrogen-bond donors (Lipinski definition) is 0. The second-order valence-electron chi connectivity index (χ2n) is 11.4. The van der Waals surface area contributed by atoms with Crippen LogP contribution in [0.15, 0.2) is 53.3 Å². The number of aromatic nitrogens is 3. The Kier molecular flexibility index (Phi) is 7.06. The largest absolute Gasteiger partial charge is 0.489 e. The van der Waals surface area contributed by atoms with Crippen molar-refractivity contribution in [3.63, 3.8) is 0 Å². The average Bonchev–Trinajstić information content (AvgIpc) is 3.64. The first-order valence-electron chi connectivity index (χ1n) is 14.3. The predicted molar refractivity (Wildman–Crippen MR) is 160 cm³/mol. The molecule has 3 aliphatic rings. The van der Waals surface area contributed by atoms with Crippen LogP contribution < -0.4 is 9.64 Å². The van der Waals surface area contributed by atoms with Gasteiger partial charge in [0.05, 0.1) is 35.1 Å². The molecule has 4 aromatic rings. The molecule has 3 heterocycles. The number of hydrogen-bond acceptors (Lipinski definition) is 8. The number of rotatable bonds is 7. The normalized spacial score (nSPS) is 19.6. The van der Waals surface area contributed by atoms with Crippen molar-refractivity contribution in [1.82, 2.24) is 15.1 Å². The molecule has 8 nitrogen and oxygen atoms in total. The summed E-state index contributed by atoms with van der Waals surface area (Å²) in [5.74, 6) is 2.35. The van der Waals surface area contributed by atoms with Gasteiger partial charge in [-0.2, -0.15) is 0 Å². The van der Waals surface area contributed by atoms with Gasteiger partial charge in [-0.15, -0.1) is 0 Å². The van der Waals surface area contributed by atoms with E-state index in [4.69, 9.17) is 37.2 Å². The minimum absolute atomic E-state index is 0.0520. The number of methoxy groups -OCH3 is 1. The van der Waals surface area contributed by atoms with Gasteiger partial charge in [0.15, 0.2) is 5.69 Å². The van der Waals surface area contributed by atoms with E-state index < -0.39 is 5.97 Å². The summed E-state index contributed by atoms with van der Waals surface area (Å²) < 4.78 is 17.0. The fourth-order valence-electron chi connectivity index (χ4n) is 6.53. The van der Waals surface area contributed by atoms with Crippen LogP contribution in [0.5, 0.6) is 5.75 Å². The maximum Gasteiger partial charge on any atom is 0.358 e. The highest BCUT2D eigenvalue weighted by atomic mass is 35.5. The Bertz CT molecular complexity index is 1630. The number of fused-ring (bicyclic) bond motifs is 2. The van der Waals surface area contributed by atoms with E-state index in [1.54, 1.807) is 6.20 Å². The number of benzene rings is 2. The third-order valence-electron chi connectivity index (χ3n) is 8.81. The van der Waals surface area contributed by atoms with Crippen LogP contribution in [0.3, 0.4) is 0 Å². The monoisotopic (exact) mass is 604 g/mol. The zero-order chi connectivity index (χ0) is 28.8. The summed E-state index contributed by atoms with van der Waals surface area (Å²) in [7, 11) is 1.34. The SMILES string of the molecule is COC(=O)c1cnc(N2CCC3(CCCc4cc(OCc5c(-c6c(Cl)cccc6Cl)noc5C5CC5)ccc43)C2)cn1. The van der Waals surface area contributed by atoms with Gasteiger partial charge in [0.25, 0.3) is 0 Å². The van der Waals surface area contributed by atoms with E-state index >= 15 is 0 Å². The fourth-order valence-corrected chi connectivity index (χ4v) is 7.10. The molecule has 0 amide bonds. The molecule has 216 valence electrons. The Morgan fingerprint density at radius 2 is 1.95 bits per heavy atom. The van der Waals surface area contributed by atoms with E-state index in [0.717, 1.165) is 74.5 Å². The maximum absolute atomic E-state index is 11.8. The molecule has 2 aromatic carbocycles. The first-order chi connectivity index (χ1) is 20.5. The number of anilines is 1. The topological polar surface area (TPSA) is 90.6 Å². The van der Waals surface area contributed by atoms with Gasteiger partial charge in [0.2, 0.25) is 0 Å². The molecule has 0 bridgehead atoms. The van der Waals surface area contributed by atoms with Crippen LogP contribution in [0.4, 0.5) is 5.82 Å². The minimum Gasteiger partial charge on any atom is -0.489 e. The first kappa shape index (κ1) is 27.2. The van der Waals surface area contributed by atoms with Crippen LogP contribution in [0, 0.1) is 0 Å². The second-order valence-corrected chi connectivity index (χ2v) is 12.2. The lowest BCUT2D eigenvalue weighted by Gasteiger charge is -2.36. The van der Waals surface area contributed by atoms with E-state index in [9.17, 15) is 4.79 Å². The number of aryl methyl sites for hydroxylation is 1. The fraction of sp³-hybridized carbons (Fsp3) is 0.375. The minimum atomic E-state index is -0.483. The molecule has 2 aliphatic carbocycles. The summed E-state index contributed by atoms with van der Waals surface area (Å²) in [5.41, 5.74) is 5.22.